The fourth-order valence-electron chi connectivity index (χ4n) is 2.65. The lowest BCUT2D eigenvalue weighted by molar-refractivity contribution is -0.118. The summed E-state index contributed by atoms with van der Waals surface area (Å²) < 4.78 is 37.0. The number of nitrogens with zero attached hydrogens (tertiary/aromatic N) is 2. The Bertz CT molecular complexity index is 811. The molecule has 142 valence electrons. The number of carbonyl (C=O) groups is 2. The lowest BCUT2D eigenvalue weighted by atomic mass is 10.1. The number of cyclic esters (lactones) is 1. The molecule has 0 aliphatic carbocycles. The van der Waals surface area contributed by atoms with Crippen LogP contribution in [-0.4, -0.2) is 57.5 Å². The van der Waals surface area contributed by atoms with Crippen LogP contribution in [-0.2, 0) is 23.8 Å². The SMILES string of the molecule is CS(=O)(=O)OCCCC[C@@H]1CN(c2ccc3c(n2)NC(=O)CO3)C(=O)O1. The highest BCUT2D eigenvalue weighted by Crippen LogP contribution is 2.30. The Balaban J connectivity index is 1.53. The monoisotopic (exact) mass is 385 g/mol. The average molecular weight is 385 g/mol. The Kier molecular flexibility index (Phi) is 5.28. The number of hydrogen-bond donors (Lipinski definition) is 1. The summed E-state index contributed by atoms with van der Waals surface area (Å²) in [7, 11) is -3.43. The van der Waals surface area contributed by atoms with E-state index in [1.165, 1.54) is 4.90 Å². The van der Waals surface area contributed by atoms with Gasteiger partial charge in [0.15, 0.2) is 18.2 Å². The zero-order chi connectivity index (χ0) is 18.7. The second kappa shape index (κ2) is 7.46. The zero-order valence-corrected chi connectivity index (χ0v) is 15.0. The molecule has 0 unspecified atom stereocenters. The van der Waals surface area contributed by atoms with Crippen LogP contribution in [0.15, 0.2) is 12.1 Å². The van der Waals surface area contributed by atoms with E-state index in [9.17, 15) is 18.0 Å². The molecule has 1 N–H and O–H groups in total. The third-order valence-corrected chi connectivity index (χ3v) is 4.42. The van der Waals surface area contributed by atoms with Crippen LogP contribution in [0.3, 0.4) is 0 Å². The largest absolute Gasteiger partial charge is 0.480 e. The van der Waals surface area contributed by atoms with E-state index in [-0.39, 0.29) is 31.0 Å². The number of anilines is 2. The number of pyridine rings is 1. The van der Waals surface area contributed by atoms with E-state index in [2.05, 4.69) is 14.5 Å². The number of rotatable bonds is 7. The van der Waals surface area contributed by atoms with Gasteiger partial charge in [0.1, 0.15) is 11.9 Å². The van der Waals surface area contributed by atoms with Crippen molar-refractivity contribution in [3.8, 4) is 5.75 Å². The molecule has 2 aliphatic heterocycles. The molecular formula is C15H19N3O7S. The second-order valence-corrected chi connectivity index (χ2v) is 7.64. The van der Waals surface area contributed by atoms with E-state index in [0.717, 1.165) is 6.26 Å². The Morgan fingerprint density at radius 1 is 1.35 bits per heavy atom. The summed E-state index contributed by atoms with van der Waals surface area (Å²) in [6.07, 6.45) is 1.95. The molecule has 2 aliphatic rings. The molecule has 10 nitrogen and oxygen atoms in total. The molecule has 1 fully saturated rings. The minimum Gasteiger partial charge on any atom is -0.480 e. The maximum atomic E-state index is 12.1. The molecule has 0 spiro atoms. The first-order valence-electron chi connectivity index (χ1n) is 8.08. The van der Waals surface area contributed by atoms with Gasteiger partial charge >= 0.3 is 6.09 Å². The molecule has 2 amide bonds. The van der Waals surface area contributed by atoms with E-state index < -0.39 is 16.2 Å². The van der Waals surface area contributed by atoms with Crippen LogP contribution in [0.1, 0.15) is 19.3 Å². The summed E-state index contributed by atoms with van der Waals surface area (Å²) in [5.74, 6) is 0.777. The predicted molar refractivity (Wildman–Crippen MR) is 90.6 cm³/mol. The molecule has 1 aromatic heterocycles. The van der Waals surface area contributed by atoms with Crippen molar-refractivity contribution < 1.29 is 31.7 Å². The van der Waals surface area contributed by atoms with Gasteiger partial charge in [-0.15, -0.1) is 0 Å². The summed E-state index contributed by atoms with van der Waals surface area (Å²) >= 11 is 0. The van der Waals surface area contributed by atoms with E-state index in [1.54, 1.807) is 12.1 Å². The fourth-order valence-corrected chi connectivity index (χ4v) is 3.07. The first-order valence-corrected chi connectivity index (χ1v) is 9.90. The number of hydrogen-bond acceptors (Lipinski definition) is 8. The zero-order valence-electron chi connectivity index (χ0n) is 14.1. The summed E-state index contributed by atoms with van der Waals surface area (Å²) in [6.45, 7) is 0.368. The number of ether oxygens (including phenoxy) is 2. The third kappa shape index (κ3) is 4.61. The average Bonchev–Trinajstić information content (AvgIpc) is 2.93. The van der Waals surface area contributed by atoms with Crippen molar-refractivity contribution in [1.29, 1.82) is 0 Å². The molecule has 0 bridgehead atoms. The van der Waals surface area contributed by atoms with E-state index >= 15 is 0 Å². The topological polar surface area (TPSA) is 124 Å². The van der Waals surface area contributed by atoms with Crippen molar-refractivity contribution in [3.63, 3.8) is 0 Å². The van der Waals surface area contributed by atoms with Gasteiger partial charge in [0.2, 0.25) is 0 Å². The normalized spacial score (nSPS) is 19.6. The van der Waals surface area contributed by atoms with Gasteiger partial charge < -0.3 is 14.8 Å². The van der Waals surface area contributed by atoms with Crippen LogP contribution in [0.2, 0.25) is 0 Å². The van der Waals surface area contributed by atoms with Crippen LogP contribution >= 0.6 is 0 Å². The minimum absolute atomic E-state index is 0.0646. The Morgan fingerprint density at radius 2 is 2.15 bits per heavy atom. The van der Waals surface area contributed by atoms with Gasteiger partial charge in [0.05, 0.1) is 19.4 Å². The molecule has 11 heteroatoms. The highest BCUT2D eigenvalue weighted by Gasteiger charge is 2.33. The van der Waals surface area contributed by atoms with Crippen LogP contribution in [0.4, 0.5) is 16.4 Å². The first kappa shape index (κ1) is 18.4. The van der Waals surface area contributed by atoms with Crippen molar-refractivity contribution in [2.75, 3.05) is 36.2 Å². The molecule has 1 aromatic rings. The maximum absolute atomic E-state index is 12.1. The smallest absolute Gasteiger partial charge is 0.415 e. The van der Waals surface area contributed by atoms with Crippen LogP contribution in [0, 0.1) is 0 Å². The summed E-state index contributed by atoms with van der Waals surface area (Å²) in [6, 6.07) is 3.26. The van der Waals surface area contributed by atoms with Crippen molar-refractivity contribution >= 4 is 33.8 Å². The Morgan fingerprint density at radius 3 is 2.92 bits per heavy atom. The molecule has 0 aromatic carbocycles. The van der Waals surface area contributed by atoms with Crippen molar-refractivity contribution in [3.05, 3.63) is 12.1 Å². The van der Waals surface area contributed by atoms with Crippen LogP contribution in [0.5, 0.6) is 5.75 Å². The molecular weight excluding hydrogens is 366 g/mol. The molecule has 26 heavy (non-hydrogen) atoms. The Labute approximate surface area is 150 Å². The third-order valence-electron chi connectivity index (χ3n) is 3.83. The fraction of sp³-hybridized carbons (Fsp3) is 0.533. The number of aromatic nitrogens is 1. The number of fused-ring (bicyclic) bond motifs is 1. The predicted octanol–water partition coefficient (Wildman–Crippen LogP) is 0.884. The van der Waals surface area contributed by atoms with Crippen LogP contribution < -0.4 is 15.0 Å². The van der Waals surface area contributed by atoms with Crippen molar-refractivity contribution in [2.24, 2.45) is 0 Å². The first-order chi connectivity index (χ1) is 12.3. The van der Waals surface area contributed by atoms with E-state index in [1.807, 2.05) is 0 Å². The highest BCUT2D eigenvalue weighted by atomic mass is 32.2. The summed E-state index contributed by atoms with van der Waals surface area (Å²) in [5, 5.41) is 2.59. The van der Waals surface area contributed by atoms with Gasteiger partial charge in [0.25, 0.3) is 16.0 Å². The maximum Gasteiger partial charge on any atom is 0.415 e. The summed E-state index contributed by atoms with van der Waals surface area (Å²) in [5.41, 5.74) is 0. The van der Waals surface area contributed by atoms with Crippen molar-refractivity contribution in [1.82, 2.24) is 4.98 Å². The molecule has 3 rings (SSSR count). The quantitative estimate of drug-likeness (QED) is 0.542. The lowest BCUT2D eigenvalue weighted by Crippen LogP contribution is -2.29. The summed E-state index contributed by atoms with van der Waals surface area (Å²) in [4.78, 5) is 29.1. The van der Waals surface area contributed by atoms with Gasteiger partial charge in [-0.05, 0) is 31.4 Å². The Hall–Kier alpha value is -2.40. The lowest BCUT2D eigenvalue weighted by Gasteiger charge is -2.19. The molecule has 3 heterocycles. The number of unbranched alkanes of at least 4 members (excludes halogenated alkanes) is 1. The standard InChI is InChI=1S/C15H19N3O7S/c1-26(21,22)24-7-3-2-4-10-8-18(15(20)25-10)12-6-5-11-14(16-12)17-13(19)9-23-11/h5-6,10H,2-4,7-9H2,1H3,(H,16,17,19)/t10-/m1/s1. The second-order valence-electron chi connectivity index (χ2n) is 5.99. The van der Waals surface area contributed by atoms with Gasteiger partial charge in [-0.3, -0.25) is 13.9 Å². The van der Waals surface area contributed by atoms with E-state index in [0.29, 0.717) is 37.4 Å². The van der Waals surface area contributed by atoms with Crippen LogP contribution in [0.25, 0.3) is 0 Å². The van der Waals surface area contributed by atoms with Gasteiger partial charge in [-0.1, -0.05) is 0 Å². The van der Waals surface area contributed by atoms with Gasteiger partial charge in [-0.2, -0.15) is 8.42 Å². The van der Waals surface area contributed by atoms with Gasteiger partial charge in [0, 0.05) is 0 Å². The number of nitrogens with one attached hydrogen (secondary N) is 1. The van der Waals surface area contributed by atoms with E-state index in [4.69, 9.17) is 9.47 Å². The van der Waals surface area contributed by atoms with Crippen molar-refractivity contribution in [2.45, 2.75) is 25.4 Å². The molecule has 0 radical (unpaired) electrons. The molecule has 0 saturated carbocycles. The number of amides is 2. The molecule has 1 saturated heterocycles. The number of carbonyl (C=O) groups excluding carboxylic acids is 2. The minimum atomic E-state index is -3.43. The molecule has 1 atom stereocenters. The van der Waals surface area contributed by atoms with Gasteiger partial charge in [-0.25, -0.2) is 9.78 Å². The highest BCUT2D eigenvalue weighted by molar-refractivity contribution is 7.85.